The number of hydrogen-bond acceptors (Lipinski definition) is 4. The van der Waals surface area contributed by atoms with Crippen LogP contribution in [0.5, 0.6) is 0 Å². The summed E-state index contributed by atoms with van der Waals surface area (Å²) in [6, 6.07) is 6.39. The van der Waals surface area contributed by atoms with Crippen LogP contribution in [-0.4, -0.2) is 10.2 Å². The van der Waals surface area contributed by atoms with Crippen LogP contribution in [0.3, 0.4) is 0 Å². The second-order valence-electron chi connectivity index (χ2n) is 2.97. The van der Waals surface area contributed by atoms with E-state index in [-0.39, 0.29) is 10.7 Å². The third-order valence-corrected chi connectivity index (χ3v) is 2.73. The molecule has 0 amide bonds. The van der Waals surface area contributed by atoms with E-state index in [0.29, 0.717) is 5.03 Å². The van der Waals surface area contributed by atoms with Crippen LogP contribution in [0.15, 0.2) is 40.3 Å². The summed E-state index contributed by atoms with van der Waals surface area (Å²) in [4.78, 5) is 0.166. The van der Waals surface area contributed by atoms with Crippen molar-refractivity contribution in [1.29, 1.82) is 0 Å². The molecule has 82 valence electrons. The molecule has 1 aromatic carbocycles. The maximum atomic E-state index is 13.3. The normalized spacial score (nSPS) is 10.4. The van der Waals surface area contributed by atoms with Crippen molar-refractivity contribution in [2.24, 2.45) is 0 Å². The maximum Gasteiger partial charge on any atom is 0.146 e. The Morgan fingerprint density at radius 1 is 1.06 bits per heavy atom. The Bertz CT molecular complexity index is 502. The first-order valence-corrected chi connectivity index (χ1v) is 5.19. The van der Waals surface area contributed by atoms with Gasteiger partial charge in [-0.05, 0) is 30.3 Å². The minimum atomic E-state index is -0.495. The summed E-state index contributed by atoms with van der Waals surface area (Å²) >= 11 is 0.993. The van der Waals surface area contributed by atoms with Crippen LogP contribution in [-0.2, 0) is 0 Å². The van der Waals surface area contributed by atoms with E-state index in [9.17, 15) is 8.78 Å². The molecule has 0 radical (unpaired) electrons. The molecule has 0 unspecified atom stereocenters. The van der Waals surface area contributed by atoms with Crippen LogP contribution in [0.4, 0.5) is 14.6 Å². The van der Waals surface area contributed by atoms with Crippen LogP contribution in [0.25, 0.3) is 0 Å². The summed E-state index contributed by atoms with van der Waals surface area (Å²) < 4.78 is 26.2. The largest absolute Gasteiger partial charge is 0.382 e. The number of anilines is 1. The summed E-state index contributed by atoms with van der Waals surface area (Å²) in [6.07, 6.45) is 0. The van der Waals surface area contributed by atoms with Crippen LogP contribution < -0.4 is 5.73 Å². The van der Waals surface area contributed by atoms with Crippen molar-refractivity contribution in [1.82, 2.24) is 10.2 Å². The first-order chi connectivity index (χ1) is 7.65. The highest BCUT2D eigenvalue weighted by Crippen LogP contribution is 2.28. The highest BCUT2D eigenvalue weighted by atomic mass is 32.2. The molecule has 0 aliphatic heterocycles. The fourth-order valence-electron chi connectivity index (χ4n) is 1.05. The molecule has 6 heteroatoms. The quantitative estimate of drug-likeness (QED) is 0.874. The Balaban J connectivity index is 2.26. The number of aromatic nitrogens is 2. The van der Waals surface area contributed by atoms with Gasteiger partial charge < -0.3 is 5.73 Å². The topological polar surface area (TPSA) is 51.8 Å². The second-order valence-corrected chi connectivity index (χ2v) is 4.04. The molecule has 0 atom stereocenters. The lowest BCUT2D eigenvalue weighted by Gasteiger charge is -2.01. The van der Waals surface area contributed by atoms with E-state index >= 15 is 0 Å². The molecule has 16 heavy (non-hydrogen) atoms. The number of nitrogens with zero attached hydrogens (tertiary/aromatic N) is 2. The molecule has 3 nitrogen and oxygen atoms in total. The molecule has 2 rings (SSSR count). The van der Waals surface area contributed by atoms with Crippen LogP contribution in [0, 0.1) is 11.6 Å². The lowest BCUT2D eigenvalue weighted by molar-refractivity contribution is 0.577. The molecule has 0 fully saturated rings. The van der Waals surface area contributed by atoms with Gasteiger partial charge in [-0.3, -0.25) is 0 Å². The molecule has 1 aromatic heterocycles. The molecule has 2 N–H and O–H groups in total. The van der Waals surface area contributed by atoms with E-state index in [1.165, 1.54) is 0 Å². The van der Waals surface area contributed by atoms with Gasteiger partial charge in [0.15, 0.2) is 0 Å². The van der Waals surface area contributed by atoms with Crippen LogP contribution in [0.1, 0.15) is 0 Å². The fourth-order valence-corrected chi connectivity index (χ4v) is 1.83. The van der Waals surface area contributed by atoms with E-state index in [4.69, 9.17) is 5.73 Å². The number of nitrogens with two attached hydrogens (primary N) is 1. The number of hydrogen-bond donors (Lipinski definition) is 1. The second kappa shape index (κ2) is 4.44. The van der Waals surface area contributed by atoms with Crippen LogP contribution in [0.2, 0.25) is 0 Å². The molecule has 0 aliphatic rings. The molecule has 0 bridgehead atoms. The van der Waals surface area contributed by atoms with Gasteiger partial charge in [-0.25, -0.2) is 8.78 Å². The summed E-state index contributed by atoms with van der Waals surface area (Å²) in [7, 11) is 0. The van der Waals surface area contributed by atoms with E-state index in [2.05, 4.69) is 10.2 Å². The molecule has 0 saturated carbocycles. The minimum Gasteiger partial charge on any atom is -0.382 e. The number of benzene rings is 1. The predicted molar refractivity (Wildman–Crippen MR) is 56.9 cm³/mol. The Kier molecular flexibility index (Phi) is 3.00. The molecular formula is C10H7F2N3S. The summed E-state index contributed by atoms with van der Waals surface area (Å²) in [5, 5.41) is 7.82. The standard InChI is InChI=1S/C10H7F2N3S/c11-6-1-2-7(12)8(5-6)16-10-4-3-9(13)14-15-10/h1-5H,(H2,13,14). The van der Waals surface area contributed by atoms with Gasteiger partial charge in [0.2, 0.25) is 0 Å². The van der Waals surface area contributed by atoms with Crippen molar-refractivity contribution in [3.05, 3.63) is 42.0 Å². The lowest BCUT2D eigenvalue weighted by atomic mass is 10.3. The van der Waals surface area contributed by atoms with Gasteiger partial charge in [-0.1, -0.05) is 11.8 Å². The third kappa shape index (κ3) is 2.46. The van der Waals surface area contributed by atoms with Gasteiger partial charge in [-0.15, -0.1) is 10.2 Å². The number of halogens is 2. The maximum absolute atomic E-state index is 13.3. The first-order valence-electron chi connectivity index (χ1n) is 4.37. The van der Waals surface area contributed by atoms with E-state index < -0.39 is 11.6 Å². The first kappa shape index (κ1) is 10.8. The predicted octanol–water partition coefficient (Wildman–Crippen LogP) is 2.49. The van der Waals surface area contributed by atoms with Gasteiger partial charge in [0.05, 0.1) is 4.90 Å². The average Bonchev–Trinajstić information content (AvgIpc) is 2.27. The van der Waals surface area contributed by atoms with Gasteiger partial charge in [-0.2, -0.15) is 0 Å². The molecular weight excluding hydrogens is 232 g/mol. The van der Waals surface area contributed by atoms with Crippen molar-refractivity contribution in [2.45, 2.75) is 9.92 Å². The third-order valence-electron chi connectivity index (χ3n) is 1.77. The van der Waals surface area contributed by atoms with E-state index in [0.717, 1.165) is 30.0 Å². The SMILES string of the molecule is Nc1ccc(Sc2cc(F)ccc2F)nn1. The minimum absolute atomic E-state index is 0.166. The number of rotatable bonds is 2. The van der Waals surface area contributed by atoms with Crippen molar-refractivity contribution >= 4 is 17.6 Å². The zero-order valence-electron chi connectivity index (χ0n) is 8.02. The lowest BCUT2D eigenvalue weighted by Crippen LogP contribution is -1.93. The molecule has 0 spiro atoms. The summed E-state index contributed by atoms with van der Waals surface area (Å²) in [5.74, 6) is -0.707. The van der Waals surface area contributed by atoms with Crippen molar-refractivity contribution < 1.29 is 8.78 Å². The molecule has 1 heterocycles. The zero-order valence-corrected chi connectivity index (χ0v) is 8.84. The molecule has 0 saturated heterocycles. The molecule has 2 aromatic rings. The van der Waals surface area contributed by atoms with Gasteiger partial charge >= 0.3 is 0 Å². The average molecular weight is 239 g/mol. The fraction of sp³-hybridized carbons (Fsp3) is 0. The Morgan fingerprint density at radius 3 is 2.56 bits per heavy atom. The molecule has 0 aliphatic carbocycles. The Labute approximate surface area is 94.7 Å². The zero-order chi connectivity index (χ0) is 11.5. The smallest absolute Gasteiger partial charge is 0.146 e. The van der Waals surface area contributed by atoms with Crippen molar-refractivity contribution in [3.63, 3.8) is 0 Å². The van der Waals surface area contributed by atoms with E-state index in [1.54, 1.807) is 12.1 Å². The summed E-state index contributed by atoms with van der Waals surface area (Å²) in [5.41, 5.74) is 5.36. The highest BCUT2D eigenvalue weighted by molar-refractivity contribution is 7.99. The Morgan fingerprint density at radius 2 is 1.88 bits per heavy atom. The summed E-state index contributed by atoms with van der Waals surface area (Å²) in [6.45, 7) is 0. The monoisotopic (exact) mass is 239 g/mol. The van der Waals surface area contributed by atoms with Crippen LogP contribution >= 0.6 is 11.8 Å². The van der Waals surface area contributed by atoms with Gasteiger partial charge in [0, 0.05) is 0 Å². The Hall–Kier alpha value is -1.69. The van der Waals surface area contributed by atoms with Gasteiger partial charge in [0.25, 0.3) is 0 Å². The van der Waals surface area contributed by atoms with Crippen molar-refractivity contribution in [3.8, 4) is 0 Å². The highest BCUT2D eigenvalue weighted by Gasteiger charge is 2.07. The van der Waals surface area contributed by atoms with Gasteiger partial charge in [0.1, 0.15) is 22.5 Å². The number of nitrogen functional groups attached to an aromatic ring is 1. The van der Waals surface area contributed by atoms with Crippen molar-refractivity contribution in [2.75, 3.05) is 5.73 Å². The van der Waals surface area contributed by atoms with E-state index in [1.807, 2.05) is 0 Å².